The summed E-state index contributed by atoms with van der Waals surface area (Å²) >= 11 is 12.2. The van der Waals surface area contributed by atoms with E-state index in [1.165, 1.54) is 18.2 Å². The summed E-state index contributed by atoms with van der Waals surface area (Å²) in [5.74, 6) is 0.757. The maximum absolute atomic E-state index is 13.1. The summed E-state index contributed by atoms with van der Waals surface area (Å²) in [5, 5.41) is 11.8. The molecule has 164 valence electrons. The van der Waals surface area contributed by atoms with Crippen LogP contribution in [0.2, 0.25) is 10.0 Å². The third-order valence-corrected chi connectivity index (χ3v) is 5.60. The lowest BCUT2D eigenvalue weighted by molar-refractivity contribution is -0.384. The zero-order valence-electron chi connectivity index (χ0n) is 16.9. The van der Waals surface area contributed by atoms with Crippen LogP contribution in [0.5, 0.6) is 11.5 Å². The highest BCUT2D eigenvalue weighted by Crippen LogP contribution is 2.43. The van der Waals surface area contributed by atoms with E-state index >= 15 is 0 Å². The Labute approximate surface area is 194 Å². The van der Waals surface area contributed by atoms with E-state index in [1.807, 2.05) is 6.92 Å². The third-order valence-electron chi connectivity index (χ3n) is 5.06. The highest BCUT2D eigenvalue weighted by molar-refractivity contribution is 6.35. The molecular weight excluding hydrogens is 455 g/mol. The Morgan fingerprint density at radius 2 is 1.72 bits per heavy atom. The number of nitro benzene ring substituents is 1. The molecule has 1 aliphatic rings. The fourth-order valence-electron chi connectivity index (χ4n) is 3.56. The number of benzene rings is 3. The van der Waals surface area contributed by atoms with E-state index in [4.69, 9.17) is 32.7 Å². The van der Waals surface area contributed by atoms with Crippen LogP contribution in [0.1, 0.15) is 18.5 Å². The maximum Gasteiger partial charge on any atom is 0.271 e. The second-order valence-electron chi connectivity index (χ2n) is 7.04. The van der Waals surface area contributed by atoms with Crippen LogP contribution in [0.15, 0.2) is 66.7 Å². The van der Waals surface area contributed by atoms with Gasteiger partial charge >= 0.3 is 0 Å². The van der Waals surface area contributed by atoms with Gasteiger partial charge in [-0.05, 0) is 67.1 Å². The van der Waals surface area contributed by atoms with Crippen LogP contribution in [0.25, 0.3) is 0 Å². The maximum atomic E-state index is 13.1. The molecule has 0 radical (unpaired) electrons. The summed E-state index contributed by atoms with van der Waals surface area (Å²) in [5.41, 5.74) is 1.31. The van der Waals surface area contributed by atoms with E-state index < -0.39 is 17.1 Å². The average Bonchev–Trinajstić information content (AvgIpc) is 2.78. The highest BCUT2D eigenvalue weighted by atomic mass is 35.5. The second kappa shape index (κ2) is 9.06. The predicted molar refractivity (Wildman–Crippen MR) is 122 cm³/mol. The molecule has 1 heterocycles. The van der Waals surface area contributed by atoms with Crippen LogP contribution in [0, 0.1) is 10.1 Å². The van der Waals surface area contributed by atoms with Crippen molar-refractivity contribution in [2.24, 2.45) is 0 Å². The van der Waals surface area contributed by atoms with Gasteiger partial charge < -0.3 is 9.47 Å². The summed E-state index contributed by atoms with van der Waals surface area (Å²) in [4.78, 5) is 25.3. The van der Waals surface area contributed by atoms with Crippen molar-refractivity contribution < 1.29 is 19.2 Å². The normalized spacial score (nSPS) is 17.6. The number of amides is 1. The molecule has 0 spiro atoms. The summed E-state index contributed by atoms with van der Waals surface area (Å²) in [6, 6.07) is 17.4. The minimum Gasteiger partial charge on any atom is -0.494 e. The number of carbonyl (C=O) groups is 1. The van der Waals surface area contributed by atoms with Crippen molar-refractivity contribution in [2.45, 2.75) is 19.1 Å². The van der Waals surface area contributed by atoms with Gasteiger partial charge in [-0.15, -0.1) is 0 Å². The van der Waals surface area contributed by atoms with Gasteiger partial charge in [0.25, 0.3) is 11.6 Å². The zero-order chi connectivity index (χ0) is 22.8. The molecule has 1 saturated heterocycles. The van der Waals surface area contributed by atoms with Gasteiger partial charge in [-0.1, -0.05) is 23.2 Å². The van der Waals surface area contributed by atoms with E-state index in [0.717, 1.165) is 0 Å². The van der Waals surface area contributed by atoms with Crippen molar-refractivity contribution in [2.75, 3.05) is 11.5 Å². The van der Waals surface area contributed by atoms with Gasteiger partial charge in [-0.2, -0.15) is 0 Å². The molecule has 1 amide bonds. The number of carbonyl (C=O) groups excluding carboxylic acids is 1. The van der Waals surface area contributed by atoms with Crippen molar-refractivity contribution in [1.29, 1.82) is 0 Å². The molecule has 0 saturated carbocycles. The Balaban J connectivity index is 1.67. The molecule has 4 rings (SSSR count). The molecule has 1 aliphatic heterocycles. The van der Waals surface area contributed by atoms with Crippen molar-refractivity contribution in [3.63, 3.8) is 0 Å². The second-order valence-corrected chi connectivity index (χ2v) is 7.89. The number of anilines is 1. The summed E-state index contributed by atoms with van der Waals surface area (Å²) in [6.07, 6.45) is -0.860. The number of ether oxygens (including phenoxy) is 2. The van der Waals surface area contributed by atoms with Gasteiger partial charge in [0.2, 0.25) is 6.10 Å². The van der Waals surface area contributed by atoms with Crippen LogP contribution < -0.4 is 14.4 Å². The van der Waals surface area contributed by atoms with Gasteiger partial charge in [-0.25, -0.2) is 0 Å². The van der Waals surface area contributed by atoms with Gasteiger partial charge in [0.05, 0.1) is 16.6 Å². The van der Waals surface area contributed by atoms with E-state index in [9.17, 15) is 14.9 Å². The molecule has 2 atom stereocenters. The molecule has 1 fully saturated rings. The Bertz CT molecular complexity index is 1150. The first-order valence-electron chi connectivity index (χ1n) is 9.81. The number of hydrogen-bond donors (Lipinski definition) is 0. The van der Waals surface area contributed by atoms with Crippen molar-refractivity contribution in [3.05, 3.63) is 92.5 Å². The summed E-state index contributed by atoms with van der Waals surface area (Å²) < 4.78 is 11.4. The SMILES string of the molecule is CCOc1ccc(N2C(=O)C(Oc3ccc(Cl)cc3Cl)C2c2ccc([N+](=O)[O-])cc2)cc1. The summed E-state index contributed by atoms with van der Waals surface area (Å²) in [7, 11) is 0. The molecule has 0 aliphatic carbocycles. The first-order chi connectivity index (χ1) is 15.4. The largest absolute Gasteiger partial charge is 0.494 e. The molecule has 0 N–H and O–H groups in total. The third kappa shape index (κ3) is 4.22. The first-order valence-corrected chi connectivity index (χ1v) is 10.6. The molecule has 7 nitrogen and oxygen atoms in total. The Kier molecular flexibility index (Phi) is 6.21. The summed E-state index contributed by atoms with van der Waals surface area (Å²) in [6.45, 7) is 2.42. The molecule has 0 aromatic heterocycles. The molecule has 0 bridgehead atoms. The number of β-lactam (4-membered cyclic amide) rings is 1. The number of nitrogens with zero attached hydrogens (tertiary/aromatic N) is 2. The quantitative estimate of drug-likeness (QED) is 0.245. The number of non-ortho nitro benzene ring substituents is 1. The lowest BCUT2D eigenvalue weighted by Gasteiger charge is -2.46. The van der Waals surface area contributed by atoms with E-state index in [-0.39, 0.29) is 16.6 Å². The fraction of sp³-hybridized carbons (Fsp3) is 0.174. The van der Waals surface area contributed by atoms with Crippen LogP contribution >= 0.6 is 23.2 Å². The van der Waals surface area contributed by atoms with Crippen LogP contribution in [-0.4, -0.2) is 23.5 Å². The molecule has 3 aromatic rings. The zero-order valence-corrected chi connectivity index (χ0v) is 18.4. The monoisotopic (exact) mass is 472 g/mol. The number of halogens is 2. The van der Waals surface area contributed by atoms with Gasteiger partial charge in [-0.3, -0.25) is 19.8 Å². The minimum atomic E-state index is -0.860. The van der Waals surface area contributed by atoms with Gasteiger partial charge in [0, 0.05) is 22.8 Å². The molecule has 2 unspecified atom stereocenters. The molecule has 9 heteroatoms. The van der Waals surface area contributed by atoms with Crippen molar-refractivity contribution in [1.82, 2.24) is 0 Å². The Morgan fingerprint density at radius 1 is 1.03 bits per heavy atom. The fourth-order valence-corrected chi connectivity index (χ4v) is 4.01. The van der Waals surface area contributed by atoms with Gasteiger partial charge in [0.1, 0.15) is 17.5 Å². The topological polar surface area (TPSA) is 81.9 Å². The molecule has 3 aromatic carbocycles. The Hall–Kier alpha value is -3.29. The van der Waals surface area contributed by atoms with Crippen LogP contribution in [-0.2, 0) is 4.79 Å². The van der Waals surface area contributed by atoms with Gasteiger partial charge in [0.15, 0.2) is 0 Å². The lowest BCUT2D eigenvalue weighted by Crippen LogP contribution is -2.61. The predicted octanol–water partition coefficient (Wildman–Crippen LogP) is 5.84. The number of nitro groups is 1. The highest BCUT2D eigenvalue weighted by Gasteiger charge is 2.51. The van der Waals surface area contributed by atoms with Crippen molar-refractivity contribution >= 4 is 40.5 Å². The van der Waals surface area contributed by atoms with E-state index in [2.05, 4.69) is 0 Å². The molecular formula is C23H18Cl2N2O5. The smallest absolute Gasteiger partial charge is 0.271 e. The van der Waals surface area contributed by atoms with Crippen LogP contribution in [0.3, 0.4) is 0 Å². The first kappa shape index (κ1) is 21.9. The lowest BCUT2D eigenvalue weighted by atomic mass is 9.89. The average molecular weight is 473 g/mol. The van der Waals surface area contributed by atoms with E-state index in [1.54, 1.807) is 53.4 Å². The minimum absolute atomic E-state index is 0.0368. The van der Waals surface area contributed by atoms with Crippen molar-refractivity contribution in [3.8, 4) is 11.5 Å². The molecule has 32 heavy (non-hydrogen) atoms. The van der Waals surface area contributed by atoms with Crippen LogP contribution in [0.4, 0.5) is 11.4 Å². The standard InChI is InChI=1S/C23H18Cl2N2O5/c1-2-31-18-10-8-16(9-11-18)26-21(14-3-6-17(7-4-14)27(29)30)22(23(26)28)32-20-12-5-15(24)13-19(20)25/h3-13,21-22H,2H2,1H3. The number of rotatable bonds is 7. The Morgan fingerprint density at radius 3 is 2.31 bits per heavy atom. The number of hydrogen-bond acceptors (Lipinski definition) is 5. The van der Waals surface area contributed by atoms with E-state index in [0.29, 0.717) is 34.4 Å².